The molecule has 2 rings (SSSR count). The zero-order valence-corrected chi connectivity index (χ0v) is 13.2. The Morgan fingerprint density at radius 3 is 2.55 bits per heavy atom. The molecule has 0 aliphatic rings. The standard InChI is InChI=1S/C14H19N3O4S/c1-20-12-8-6-11(7-9-12)14-16-13(21-17-14)5-3-2-4-10-22(15,18)19/h6-9H,2-5,10H2,1H3,(H2,15,18,19). The summed E-state index contributed by atoms with van der Waals surface area (Å²) in [5.74, 6) is 1.85. The number of ether oxygens (including phenoxy) is 1. The number of hydrogen-bond donors (Lipinski definition) is 1. The predicted octanol–water partition coefficient (Wildman–Crippen LogP) is 1.75. The first-order valence-corrected chi connectivity index (χ1v) is 8.67. The highest BCUT2D eigenvalue weighted by molar-refractivity contribution is 7.89. The second kappa shape index (κ2) is 7.37. The van der Waals surface area contributed by atoms with Crippen molar-refractivity contribution in [1.82, 2.24) is 10.1 Å². The lowest BCUT2D eigenvalue weighted by Crippen LogP contribution is -2.16. The Morgan fingerprint density at radius 1 is 1.18 bits per heavy atom. The van der Waals surface area contributed by atoms with Crippen molar-refractivity contribution in [3.05, 3.63) is 30.2 Å². The van der Waals surface area contributed by atoms with Crippen molar-refractivity contribution >= 4 is 10.0 Å². The number of unbranched alkanes of at least 4 members (excludes halogenated alkanes) is 2. The first kappa shape index (κ1) is 16.4. The predicted molar refractivity (Wildman–Crippen MR) is 81.8 cm³/mol. The average Bonchev–Trinajstić information content (AvgIpc) is 2.95. The van der Waals surface area contributed by atoms with Crippen LogP contribution in [0.4, 0.5) is 0 Å². The minimum atomic E-state index is -3.37. The van der Waals surface area contributed by atoms with Gasteiger partial charge in [-0.25, -0.2) is 13.6 Å². The van der Waals surface area contributed by atoms with Crippen molar-refractivity contribution in [2.75, 3.05) is 12.9 Å². The fourth-order valence-electron chi connectivity index (χ4n) is 1.97. The highest BCUT2D eigenvalue weighted by atomic mass is 32.2. The largest absolute Gasteiger partial charge is 0.497 e. The second-order valence-electron chi connectivity index (χ2n) is 4.92. The summed E-state index contributed by atoms with van der Waals surface area (Å²) in [4.78, 5) is 4.32. The highest BCUT2D eigenvalue weighted by Gasteiger charge is 2.09. The van der Waals surface area contributed by atoms with Gasteiger partial charge in [-0.15, -0.1) is 0 Å². The third kappa shape index (κ3) is 5.12. The van der Waals surface area contributed by atoms with Gasteiger partial charge < -0.3 is 9.26 Å². The Bertz CT molecular complexity index is 695. The molecule has 120 valence electrons. The third-order valence-electron chi connectivity index (χ3n) is 3.14. The van der Waals surface area contributed by atoms with E-state index in [4.69, 9.17) is 14.4 Å². The van der Waals surface area contributed by atoms with Gasteiger partial charge in [-0.2, -0.15) is 4.98 Å². The van der Waals surface area contributed by atoms with Gasteiger partial charge >= 0.3 is 0 Å². The van der Waals surface area contributed by atoms with E-state index in [1.807, 2.05) is 24.3 Å². The van der Waals surface area contributed by atoms with E-state index in [-0.39, 0.29) is 5.75 Å². The Balaban J connectivity index is 1.83. The van der Waals surface area contributed by atoms with Crippen LogP contribution in [0.3, 0.4) is 0 Å². The first-order chi connectivity index (χ1) is 10.5. The van der Waals surface area contributed by atoms with Crippen molar-refractivity contribution in [3.8, 4) is 17.1 Å². The average molecular weight is 325 g/mol. The molecule has 0 atom stereocenters. The minimum Gasteiger partial charge on any atom is -0.497 e. The number of primary sulfonamides is 1. The van der Waals surface area contributed by atoms with Crippen LogP contribution in [0.1, 0.15) is 25.2 Å². The molecule has 0 fully saturated rings. The van der Waals surface area contributed by atoms with Crippen LogP contribution in [0, 0.1) is 0 Å². The molecule has 2 N–H and O–H groups in total. The Labute approximate surface area is 129 Å². The molecule has 0 spiro atoms. The van der Waals surface area contributed by atoms with Gasteiger partial charge in [0.1, 0.15) is 5.75 Å². The van der Waals surface area contributed by atoms with Crippen LogP contribution in [0.2, 0.25) is 0 Å². The first-order valence-electron chi connectivity index (χ1n) is 6.95. The molecule has 0 amide bonds. The fraction of sp³-hybridized carbons (Fsp3) is 0.429. The molecule has 0 bridgehead atoms. The Hall–Kier alpha value is -1.93. The van der Waals surface area contributed by atoms with Gasteiger partial charge in [-0.3, -0.25) is 0 Å². The summed E-state index contributed by atoms with van der Waals surface area (Å²) in [5, 5.41) is 8.88. The lowest BCUT2D eigenvalue weighted by atomic mass is 10.2. The van der Waals surface area contributed by atoms with Crippen molar-refractivity contribution in [2.45, 2.75) is 25.7 Å². The third-order valence-corrected chi connectivity index (χ3v) is 3.99. The molecular formula is C14H19N3O4S. The van der Waals surface area contributed by atoms with E-state index in [0.717, 1.165) is 24.2 Å². The fourth-order valence-corrected chi connectivity index (χ4v) is 2.58. The molecule has 0 unspecified atom stereocenters. The van der Waals surface area contributed by atoms with Gasteiger partial charge in [-0.05, 0) is 37.1 Å². The minimum absolute atomic E-state index is 0.00787. The molecule has 8 heteroatoms. The lowest BCUT2D eigenvalue weighted by Gasteiger charge is -1.99. The molecule has 7 nitrogen and oxygen atoms in total. The van der Waals surface area contributed by atoms with E-state index in [1.54, 1.807) is 7.11 Å². The zero-order chi connectivity index (χ0) is 16.0. The van der Waals surface area contributed by atoms with E-state index in [9.17, 15) is 8.42 Å². The van der Waals surface area contributed by atoms with E-state index in [0.29, 0.717) is 24.6 Å². The number of aromatic nitrogens is 2. The molecule has 0 saturated heterocycles. The molecule has 0 radical (unpaired) electrons. The number of nitrogens with two attached hydrogens (primary N) is 1. The normalized spacial score (nSPS) is 11.5. The molecule has 1 heterocycles. The number of benzene rings is 1. The van der Waals surface area contributed by atoms with Crippen molar-refractivity contribution in [2.24, 2.45) is 5.14 Å². The van der Waals surface area contributed by atoms with Crippen LogP contribution in [-0.4, -0.2) is 31.4 Å². The molecule has 0 aliphatic carbocycles. The molecule has 2 aromatic rings. The van der Waals surface area contributed by atoms with Crippen LogP contribution >= 0.6 is 0 Å². The summed E-state index contributed by atoms with van der Waals surface area (Å²) in [5.41, 5.74) is 0.852. The van der Waals surface area contributed by atoms with E-state index >= 15 is 0 Å². The number of sulfonamides is 1. The topological polar surface area (TPSA) is 108 Å². The molecule has 0 aliphatic heterocycles. The summed E-state index contributed by atoms with van der Waals surface area (Å²) in [6.07, 6.45) is 2.68. The quantitative estimate of drug-likeness (QED) is 0.741. The maximum absolute atomic E-state index is 10.8. The summed E-state index contributed by atoms with van der Waals surface area (Å²) in [6, 6.07) is 7.39. The number of aryl methyl sites for hydroxylation is 1. The molecule has 1 aromatic carbocycles. The summed E-state index contributed by atoms with van der Waals surface area (Å²) >= 11 is 0. The van der Waals surface area contributed by atoms with E-state index in [1.165, 1.54) is 0 Å². The van der Waals surface area contributed by atoms with E-state index < -0.39 is 10.0 Å². The van der Waals surface area contributed by atoms with Crippen LogP contribution in [0.15, 0.2) is 28.8 Å². The number of nitrogens with zero attached hydrogens (tertiary/aromatic N) is 2. The molecule has 22 heavy (non-hydrogen) atoms. The van der Waals surface area contributed by atoms with Crippen LogP contribution in [0.25, 0.3) is 11.4 Å². The molecule has 0 saturated carbocycles. The van der Waals surface area contributed by atoms with Crippen molar-refractivity contribution in [1.29, 1.82) is 0 Å². The van der Waals surface area contributed by atoms with Crippen LogP contribution in [0.5, 0.6) is 5.75 Å². The van der Waals surface area contributed by atoms with Gasteiger partial charge in [0.2, 0.25) is 21.7 Å². The van der Waals surface area contributed by atoms with Crippen LogP contribution < -0.4 is 9.88 Å². The smallest absolute Gasteiger partial charge is 0.226 e. The summed E-state index contributed by atoms with van der Waals surface area (Å²) < 4.78 is 31.9. The van der Waals surface area contributed by atoms with Gasteiger partial charge in [0.25, 0.3) is 0 Å². The monoisotopic (exact) mass is 325 g/mol. The maximum Gasteiger partial charge on any atom is 0.226 e. The van der Waals surface area contributed by atoms with Crippen LogP contribution in [-0.2, 0) is 16.4 Å². The van der Waals surface area contributed by atoms with Gasteiger partial charge in [-0.1, -0.05) is 11.6 Å². The SMILES string of the molecule is COc1ccc(-c2noc(CCCCCS(N)(=O)=O)n2)cc1. The Kier molecular flexibility index (Phi) is 5.51. The number of methoxy groups -OCH3 is 1. The molecule has 1 aromatic heterocycles. The molecular weight excluding hydrogens is 306 g/mol. The Morgan fingerprint density at radius 2 is 1.91 bits per heavy atom. The summed E-state index contributed by atoms with van der Waals surface area (Å²) in [6.45, 7) is 0. The van der Waals surface area contributed by atoms with Gasteiger partial charge in [0.05, 0.1) is 12.9 Å². The summed E-state index contributed by atoms with van der Waals surface area (Å²) in [7, 11) is -1.76. The lowest BCUT2D eigenvalue weighted by molar-refractivity contribution is 0.374. The van der Waals surface area contributed by atoms with Gasteiger partial charge in [0, 0.05) is 12.0 Å². The number of rotatable bonds is 8. The zero-order valence-electron chi connectivity index (χ0n) is 12.4. The number of hydrogen-bond acceptors (Lipinski definition) is 6. The van der Waals surface area contributed by atoms with Crippen molar-refractivity contribution in [3.63, 3.8) is 0 Å². The maximum atomic E-state index is 10.8. The highest BCUT2D eigenvalue weighted by Crippen LogP contribution is 2.20. The van der Waals surface area contributed by atoms with Gasteiger partial charge in [0.15, 0.2) is 0 Å². The second-order valence-corrected chi connectivity index (χ2v) is 6.65. The van der Waals surface area contributed by atoms with E-state index in [2.05, 4.69) is 10.1 Å². The van der Waals surface area contributed by atoms with Crippen molar-refractivity contribution < 1.29 is 17.7 Å².